The van der Waals surface area contributed by atoms with Gasteiger partial charge in [0.25, 0.3) is 0 Å². The molecule has 0 unspecified atom stereocenters. The van der Waals surface area contributed by atoms with Crippen molar-refractivity contribution in [3.8, 4) is 28.8 Å². The fourth-order valence-electron chi connectivity index (χ4n) is 3.45. The Kier molecular flexibility index (Phi) is 6.36. The average Bonchev–Trinajstić information content (AvgIpc) is 3.41. The third-order valence-corrected chi connectivity index (χ3v) is 5.23. The van der Waals surface area contributed by atoms with Gasteiger partial charge >= 0.3 is 6.01 Å². The fraction of sp³-hybridized carbons (Fsp3) is 0.280. The summed E-state index contributed by atoms with van der Waals surface area (Å²) in [5.41, 5.74) is 3.00. The van der Waals surface area contributed by atoms with Gasteiger partial charge in [0.15, 0.2) is 0 Å². The Bertz CT molecular complexity index is 1130. The Morgan fingerprint density at radius 2 is 1.81 bits per heavy atom. The Balaban J connectivity index is 1.47. The van der Waals surface area contributed by atoms with Crippen LogP contribution in [0.5, 0.6) is 11.5 Å². The fourth-order valence-corrected chi connectivity index (χ4v) is 3.45. The molecule has 0 radical (unpaired) electrons. The summed E-state index contributed by atoms with van der Waals surface area (Å²) < 4.78 is 19.2. The third-order valence-electron chi connectivity index (χ3n) is 5.23. The van der Waals surface area contributed by atoms with E-state index in [2.05, 4.69) is 18.0 Å². The van der Waals surface area contributed by atoms with Crippen molar-refractivity contribution in [1.29, 1.82) is 0 Å². The van der Waals surface area contributed by atoms with Crippen molar-refractivity contribution in [2.24, 2.45) is 0 Å². The zero-order chi connectivity index (χ0) is 21.6. The topological polar surface area (TPSA) is 62.3 Å². The van der Waals surface area contributed by atoms with Gasteiger partial charge in [-0.25, -0.2) is 4.98 Å². The van der Waals surface area contributed by atoms with Gasteiger partial charge in [0.2, 0.25) is 0 Å². The van der Waals surface area contributed by atoms with Gasteiger partial charge in [-0.2, -0.15) is 4.98 Å². The zero-order valence-corrected chi connectivity index (χ0v) is 18.2. The molecule has 0 amide bonds. The number of imidazole rings is 1. The molecule has 6 heteroatoms. The summed E-state index contributed by atoms with van der Waals surface area (Å²) in [5.74, 6) is 3.46. The van der Waals surface area contributed by atoms with Gasteiger partial charge < -0.3 is 13.9 Å². The molecule has 0 bridgehead atoms. The summed E-state index contributed by atoms with van der Waals surface area (Å²) >= 11 is 0. The van der Waals surface area contributed by atoms with E-state index in [-0.39, 0.29) is 0 Å². The second-order valence-electron chi connectivity index (χ2n) is 7.41. The highest BCUT2D eigenvalue weighted by Crippen LogP contribution is 2.29. The summed E-state index contributed by atoms with van der Waals surface area (Å²) in [6, 6.07) is 16.5. The lowest BCUT2D eigenvalue weighted by Crippen LogP contribution is -1.99. The number of aryl methyl sites for hydroxylation is 3. The van der Waals surface area contributed by atoms with Crippen LogP contribution in [0.3, 0.4) is 0 Å². The lowest BCUT2D eigenvalue weighted by Gasteiger charge is -2.08. The highest BCUT2D eigenvalue weighted by atomic mass is 16.5. The summed E-state index contributed by atoms with van der Waals surface area (Å²) in [4.78, 5) is 9.06. The van der Waals surface area contributed by atoms with Gasteiger partial charge in [-0.15, -0.1) is 0 Å². The smallest absolute Gasteiger partial charge is 0.307 e. The van der Waals surface area contributed by atoms with E-state index in [1.807, 2.05) is 60.2 Å². The highest BCUT2D eigenvalue weighted by molar-refractivity contribution is 5.63. The molecule has 0 aliphatic rings. The number of hydrogen-bond donors (Lipinski definition) is 0. The first-order valence-electron chi connectivity index (χ1n) is 10.5. The van der Waals surface area contributed by atoms with Crippen molar-refractivity contribution in [2.75, 3.05) is 13.7 Å². The van der Waals surface area contributed by atoms with Gasteiger partial charge in [0, 0.05) is 24.4 Å². The van der Waals surface area contributed by atoms with E-state index in [9.17, 15) is 0 Å². The van der Waals surface area contributed by atoms with E-state index < -0.39 is 0 Å². The molecule has 2 heterocycles. The Hall–Kier alpha value is -3.54. The van der Waals surface area contributed by atoms with Crippen LogP contribution in [0.25, 0.3) is 17.3 Å². The first-order chi connectivity index (χ1) is 15.2. The predicted molar refractivity (Wildman–Crippen MR) is 120 cm³/mol. The molecule has 0 saturated heterocycles. The van der Waals surface area contributed by atoms with Crippen molar-refractivity contribution in [3.63, 3.8) is 0 Å². The first kappa shape index (κ1) is 20.7. The number of nitrogens with zero attached hydrogens (tertiary/aromatic N) is 3. The summed E-state index contributed by atoms with van der Waals surface area (Å²) in [6.07, 6.45) is 6.25. The van der Waals surface area contributed by atoms with E-state index in [0.717, 1.165) is 59.2 Å². The van der Waals surface area contributed by atoms with Crippen LogP contribution < -0.4 is 9.47 Å². The molecule has 6 nitrogen and oxygen atoms in total. The molecule has 2 aromatic carbocycles. The minimum atomic E-state index is 0.534. The molecule has 0 atom stereocenters. The Labute approximate surface area is 182 Å². The lowest BCUT2D eigenvalue weighted by atomic mass is 10.1. The number of hydrogen-bond acceptors (Lipinski definition) is 5. The van der Waals surface area contributed by atoms with Crippen molar-refractivity contribution in [1.82, 2.24) is 14.5 Å². The normalized spacial score (nSPS) is 10.9. The monoisotopic (exact) mass is 417 g/mol. The van der Waals surface area contributed by atoms with Gasteiger partial charge in [0.1, 0.15) is 28.8 Å². The maximum Gasteiger partial charge on any atom is 0.307 e. The molecule has 0 spiro atoms. The van der Waals surface area contributed by atoms with Gasteiger partial charge in [-0.05, 0) is 62.6 Å². The number of aromatic nitrogens is 3. The quantitative estimate of drug-likeness (QED) is 0.334. The largest absolute Gasteiger partial charge is 0.497 e. The summed E-state index contributed by atoms with van der Waals surface area (Å²) in [7, 11) is 1.66. The second kappa shape index (κ2) is 9.51. The third kappa shape index (κ3) is 4.79. The second-order valence-corrected chi connectivity index (χ2v) is 7.41. The Morgan fingerprint density at radius 1 is 1.00 bits per heavy atom. The van der Waals surface area contributed by atoms with Crippen molar-refractivity contribution in [3.05, 3.63) is 78.1 Å². The van der Waals surface area contributed by atoms with E-state index >= 15 is 0 Å². The molecule has 0 N–H and O–H groups in total. The number of ether oxygens (including phenoxy) is 2. The number of oxazole rings is 1. The van der Waals surface area contributed by atoms with Crippen LogP contribution in [-0.2, 0) is 6.42 Å². The molecule has 0 saturated carbocycles. The van der Waals surface area contributed by atoms with Crippen LogP contribution in [0.2, 0.25) is 0 Å². The number of rotatable bonds is 9. The molecule has 0 aliphatic carbocycles. The van der Waals surface area contributed by atoms with E-state index in [1.165, 1.54) is 0 Å². The molecule has 2 aromatic heterocycles. The van der Waals surface area contributed by atoms with E-state index in [1.54, 1.807) is 13.3 Å². The van der Waals surface area contributed by atoms with Crippen LogP contribution in [0.1, 0.15) is 30.0 Å². The van der Waals surface area contributed by atoms with Crippen molar-refractivity contribution in [2.45, 2.75) is 33.1 Å². The van der Waals surface area contributed by atoms with Crippen molar-refractivity contribution >= 4 is 0 Å². The van der Waals surface area contributed by atoms with Gasteiger partial charge in [-0.3, -0.25) is 4.57 Å². The molecule has 0 aliphatic heterocycles. The number of methoxy groups -OCH3 is 1. The average molecular weight is 418 g/mol. The number of unbranched alkanes of at least 4 members (excludes halogenated alkanes) is 1. The molecule has 4 aromatic rings. The van der Waals surface area contributed by atoms with Crippen LogP contribution in [0, 0.1) is 13.8 Å². The maximum atomic E-state index is 6.17. The van der Waals surface area contributed by atoms with Crippen molar-refractivity contribution < 1.29 is 13.9 Å². The summed E-state index contributed by atoms with van der Waals surface area (Å²) in [6.45, 7) is 4.66. The number of para-hydroxylation sites is 1. The Morgan fingerprint density at radius 3 is 2.52 bits per heavy atom. The molecule has 0 fully saturated rings. The van der Waals surface area contributed by atoms with Gasteiger partial charge in [-0.1, -0.05) is 18.2 Å². The highest BCUT2D eigenvalue weighted by Gasteiger charge is 2.17. The lowest BCUT2D eigenvalue weighted by molar-refractivity contribution is 0.303. The minimum Gasteiger partial charge on any atom is -0.497 e. The van der Waals surface area contributed by atoms with Crippen LogP contribution in [-0.4, -0.2) is 28.3 Å². The minimum absolute atomic E-state index is 0.534. The zero-order valence-electron chi connectivity index (χ0n) is 18.2. The van der Waals surface area contributed by atoms with E-state index in [4.69, 9.17) is 18.9 Å². The molecular weight excluding hydrogens is 390 g/mol. The molecule has 4 rings (SSSR count). The SMILES string of the molecule is COc1ccc(-c2nc(-n3ccnc3C)oc2CCCCOc2ccccc2C)cc1. The van der Waals surface area contributed by atoms with E-state index in [0.29, 0.717) is 12.6 Å². The maximum absolute atomic E-state index is 6.17. The van der Waals surface area contributed by atoms with Crippen LogP contribution in [0.4, 0.5) is 0 Å². The van der Waals surface area contributed by atoms with Crippen LogP contribution in [0.15, 0.2) is 65.3 Å². The van der Waals surface area contributed by atoms with Crippen LogP contribution >= 0.6 is 0 Å². The molecular formula is C25H27N3O3. The number of benzene rings is 2. The standard InChI is InChI=1S/C25H27N3O3/c1-18-8-4-5-9-22(18)30-17-7-6-10-23-24(20-11-13-21(29-3)14-12-20)27-25(31-23)28-16-15-26-19(28)2/h4-5,8-9,11-16H,6-7,10,17H2,1-3H3. The summed E-state index contributed by atoms with van der Waals surface area (Å²) in [5, 5.41) is 0. The predicted octanol–water partition coefficient (Wildman–Crippen LogP) is 5.55. The molecule has 31 heavy (non-hydrogen) atoms. The van der Waals surface area contributed by atoms with Gasteiger partial charge in [0.05, 0.1) is 13.7 Å². The molecule has 160 valence electrons. The first-order valence-corrected chi connectivity index (χ1v) is 10.5.